The molecule has 0 radical (unpaired) electrons. The predicted molar refractivity (Wildman–Crippen MR) is 88.5 cm³/mol. The van der Waals surface area contributed by atoms with Crippen LogP contribution in [0, 0.1) is 16.7 Å². The van der Waals surface area contributed by atoms with Crippen LogP contribution < -0.4 is 5.32 Å². The third-order valence-electron chi connectivity index (χ3n) is 3.19. The van der Waals surface area contributed by atoms with Gasteiger partial charge in [0.25, 0.3) is 0 Å². The van der Waals surface area contributed by atoms with E-state index >= 15 is 0 Å². The van der Waals surface area contributed by atoms with Gasteiger partial charge in [0, 0.05) is 0 Å². The highest BCUT2D eigenvalue weighted by atomic mass is 127. The maximum Gasteiger partial charge on any atom is 0.0656 e. The smallest absolute Gasteiger partial charge is 0.0656 e. The van der Waals surface area contributed by atoms with Crippen molar-refractivity contribution in [1.29, 1.82) is 0 Å². The highest BCUT2D eigenvalue weighted by Crippen LogP contribution is 2.28. The fourth-order valence-corrected chi connectivity index (χ4v) is 3.45. The molecule has 0 aliphatic rings. The molecule has 0 saturated carbocycles. The molecule has 0 aliphatic heterocycles. The molecule has 2 rings (SSSR count). The van der Waals surface area contributed by atoms with E-state index in [2.05, 4.69) is 78.3 Å². The van der Waals surface area contributed by atoms with Crippen LogP contribution in [0.3, 0.4) is 0 Å². The van der Waals surface area contributed by atoms with Crippen LogP contribution in [0.1, 0.15) is 35.2 Å². The van der Waals surface area contributed by atoms with Gasteiger partial charge in [-0.25, -0.2) is 0 Å². The Kier molecular flexibility index (Phi) is 4.81. The van der Waals surface area contributed by atoms with Crippen molar-refractivity contribution in [3.8, 4) is 0 Å². The SMILES string of the molecule is CCNC(c1csc(I)c1)c1ccc(C)c(C)c1. The van der Waals surface area contributed by atoms with Gasteiger partial charge in [0.2, 0.25) is 0 Å². The molecular formula is C15H18INS. The summed E-state index contributed by atoms with van der Waals surface area (Å²) < 4.78 is 1.34. The Balaban J connectivity index is 2.37. The molecule has 96 valence electrons. The first-order valence-corrected chi connectivity index (χ1v) is 8.12. The Labute approximate surface area is 127 Å². The molecule has 1 atom stereocenters. The lowest BCUT2D eigenvalue weighted by Gasteiger charge is -2.18. The number of hydrogen-bond acceptors (Lipinski definition) is 2. The van der Waals surface area contributed by atoms with E-state index in [1.807, 2.05) is 11.3 Å². The average Bonchev–Trinajstić information content (AvgIpc) is 2.76. The van der Waals surface area contributed by atoms with E-state index in [0.717, 1.165) is 6.54 Å². The van der Waals surface area contributed by atoms with Crippen LogP contribution in [0.2, 0.25) is 0 Å². The zero-order valence-electron chi connectivity index (χ0n) is 11.0. The second kappa shape index (κ2) is 6.17. The monoisotopic (exact) mass is 371 g/mol. The molecule has 0 bridgehead atoms. The first-order valence-electron chi connectivity index (χ1n) is 6.16. The summed E-state index contributed by atoms with van der Waals surface area (Å²) in [6.45, 7) is 7.48. The van der Waals surface area contributed by atoms with E-state index in [-0.39, 0.29) is 0 Å². The standard InChI is InChI=1S/C15H18INS/c1-4-17-15(13-8-14(16)18-9-13)12-6-5-10(2)11(3)7-12/h5-9,15,17H,4H2,1-3H3. The third-order valence-corrected chi connectivity index (χ3v) is 5.00. The minimum absolute atomic E-state index is 0.314. The molecule has 3 heteroatoms. The van der Waals surface area contributed by atoms with Crippen molar-refractivity contribution >= 4 is 33.9 Å². The van der Waals surface area contributed by atoms with Crippen LogP contribution in [-0.4, -0.2) is 6.54 Å². The van der Waals surface area contributed by atoms with E-state index in [9.17, 15) is 0 Å². The van der Waals surface area contributed by atoms with E-state index < -0.39 is 0 Å². The van der Waals surface area contributed by atoms with Gasteiger partial charge < -0.3 is 5.32 Å². The minimum atomic E-state index is 0.314. The summed E-state index contributed by atoms with van der Waals surface area (Å²) in [7, 11) is 0. The molecule has 0 amide bonds. The maximum atomic E-state index is 3.58. The van der Waals surface area contributed by atoms with Crippen LogP contribution in [0.25, 0.3) is 0 Å². The molecule has 1 heterocycles. The molecular weight excluding hydrogens is 353 g/mol. The predicted octanol–water partition coefficient (Wildman–Crippen LogP) is 4.67. The molecule has 0 fully saturated rings. The largest absolute Gasteiger partial charge is 0.307 e. The summed E-state index contributed by atoms with van der Waals surface area (Å²) >= 11 is 4.19. The number of thiophene rings is 1. The molecule has 1 aromatic carbocycles. The van der Waals surface area contributed by atoms with Crippen molar-refractivity contribution in [2.45, 2.75) is 26.8 Å². The summed E-state index contributed by atoms with van der Waals surface area (Å²) in [5.74, 6) is 0. The Bertz CT molecular complexity index is 533. The van der Waals surface area contributed by atoms with Crippen molar-refractivity contribution in [3.63, 3.8) is 0 Å². The summed E-state index contributed by atoms with van der Waals surface area (Å²) in [6, 6.07) is 9.34. The summed E-state index contributed by atoms with van der Waals surface area (Å²) in [6.07, 6.45) is 0. The molecule has 18 heavy (non-hydrogen) atoms. The second-order valence-electron chi connectivity index (χ2n) is 4.52. The second-order valence-corrected chi connectivity index (χ2v) is 7.32. The van der Waals surface area contributed by atoms with Crippen LogP contribution in [0.5, 0.6) is 0 Å². The van der Waals surface area contributed by atoms with Gasteiger partial charge in [0.15, 0.2) is 0 Å². The van der Waals surface area contributed by atoms with Crippen molar-refractivity contribution in [1.82, 2.24) is 5.32 Å². The van der Waals surface area contributed by atoms with Crippen LogP contribution in [-0.2, 0) is 0 Å². The van der Waals surface area contributed by atoms with Gasteiger partial charge in [-0.15, -0.1) is 11.3 Å². The van der Waals surface area contributed by atoms with E-state index in [1.165, 1.54) is 25.1 Å². The van der Waals surface area contributed by atoms with Gasteiger partial charge in [-0.2, -0.15) is 0 Å². The Morgan fingerprint density at radius 1 is 1.17 bits per heavy atom. The number of nitrogens with one attached hydrogen (secondary N) is 1. The Hall–Kier alpha value is -0.390. The van der Waals surface area contributed by atoms with Crippen molar-refractivity contribution in [2.75, 3.05) is 6.54 Å². The average molecular weight is 371 g/mol. The van der Waals surface area contributed by atoms with E-state index in [0.29, 0.717) is 6.04 Å². The van der Waals surface area contributed by atoms with Crippen molar-refractivity contribution in [2.24, 2.45) is 0 Å². The number of halogens is 1. The van der Waals surface area contributed by atoms with E-state index in [1.54, 1.807) is 0 Å². The quantitative estimate of drug-likeness (QED) is 0.771. The third kappa shape index (κ3) is 3.13. The molecule has 1 N–H and O–H groups in total. The highest BCUT2D eigenvalue weighted by Gasteiger charge is 2.14. The van der Waals surface area contributed by atoms with Gasteiger partial charge >= 0.3 is 0 Å². The fraction of sp³-hybridized carbons (Fsp3) is 0.333. The van der Waals surface area contributed by atoms with Gasteiger partial charge in [0.05, 0.1) is 8.93 Å². The van der Waals surface area contributed by atoms with Crippen LogP contribution >= 0.6 is 33.9 Å². The first kappa shape index (κ1) is 14.0. The number of benzene rings is 1. The summed E-state index contributed by atoms with van der Waals surface area (Å²) in [5, 5.41) is 5.83. The summed E-state index contributed by atoms with van der Waals surface area (Å²) in [5.41, 5.74) is 5.44. The van der Waals surface area contributed by atoms with Crippen molar-refractivity contribution in [3.05, 3.63) is 54.8 Å². The fourth-order valence-electron chi connectivity index (χ4n) is 2.05. The van der Waals surface area contributed by atoms with Gasteiger partial charge in [0.1, 0.15) is 0 Å². The molecule has 1 nitrogen and oxygen atoms in total. The minimum Gasteiger partial charge on any atom is -0.307 e. The lowest BCUT2D eigenvalue weighted by Crippen LogP contribution is -2.21. The molecule has 1 aromatic heterocycles. The van der Waals surface area contributed by atoms with E-state index in [4.69, 9.17) is 0 Å². The van der Waals surface area contributed by atoms with Gasteiger partial charge in [-0.3, -0.25) is 0 Å². The molecule has 0 saturated heterocycles. The Morgan fingerprint density at radius 2 is 1.94 bits per heavy atom. The molecule has 1 unspecified atom stereocenters. The maximum absolute atomic E-state index is 3.58. The lowest BCUT2D eigenvalue weighted by molar-refractivity contribution is 0.632. The van der Waals surface area contributed by atoms with Gasteiger partial charge in [-0.05, 0) is 76.7 Å². The number of hydrogen-bond donors (Lipinski definition) is 1. The summed E-state index contributed by atoms with van der Waals surface area (Å²) in [4.78, 5) is 0. The topological polar surface area (TPSA) is 12.0 Å². The number of aryl methyl sites for hydroxylation is 2. The zero-order valence-corrected chi connectivity index (χ0v) is 13.9. The van der Waals surface area contributed by atoms with Crippen LogP contribution in [0.15, 0.2) is 29.6 Å². The first-order chi connectivity index (χ1) is 8.61. The Morgan fingerprint density at radius 3 is 2.50 bits per heavy atom. The number of rotatable bonds is 4. The molecule has 2 aromatic rings. The van der Waals surface area contributed by atoms with Crippen molar-refractivity contribution < 1.29 is 0 Å². The lowest BCUT2D eigenvalue weighted by atomic mass is 9.97. The highest BCUT2D eigenvalue weighted by molar-refractivity contribution is 14.1. The zero-order chi connectivity index (χ0) is 13.1. The van der Waals surface area contributed by atoms with Crippen LogP contribution in [0.4, 0.5) is 0 Å². The van der Waals surface area contributed by atoms with Gasteiger partial charge in [-0.1, -0.05) is 25.1 Å². The molecule has 0 spiro atoms. The molecule has 0 aliphatic carbocycles. The normalized spacial score (nSPS) is 12.7.